The molecule has 6 nitrogen and oxygen atoms in total. The molecule has 0 unspecified atom stereocenters. The van der Waals surface area contributed by atoms with E-state index in [2.05, 4.69) is 27.2 Å². The van der Waals surface area contributed by atoms with Gasteiger partial charge >= 0.3 is 0 Å². The van der Waals surface area contributed by atoms with Crippen LogP contribution in [0.5, 0.6) is 0 Å². The van der Waals surface area contributed by atoms with E-state index < -0.39 is 5.91 Å². The van der Waals surface area contributed by atoms with Crippen LogP contribution in [0.2, 0.25) is 5.02 Å². The number of aryl methyl sites for hydroxylation is 1. The number of nitrogens with zero attached hydrogens (tertiary/aromatic N) is 3. The Labute approximate surface area is 194 Å². The Kier molecular flexibility index (Phi) is 5.39. The van der Waals surface area contributed by atoms with Crippen molar-refractivity contribution >= 4 is 34.3 Å². The second kappa shape index (κ2) is 8.65. The van der Waals surface area contributed by atoms with Crippen molar-refractivity contribution in [3.8, 4) is 17.5 Å². The lowest BCUT2D eigenvalue weighted by atomic mass is 10.1. The highest BCUT2D eigenvalue weighted by Crippen LogP contribution is 2.23. The molecule has 0 atom stereocenters. The summed E-state index contributed by atoms with van der Waals surface area (Å²) in [5.41, 5.74) is 4.10. The average Bonchev–Trinajstić information content (AvgIpc) is 3.46. The molecule has 3 aromatic heterocycles. The number of aromatic nitrogens is 3. The van der Waals surface area contributed by atoms with Crippen LogP contribution in [-0.4, -0.2) is 20.7 Å². The lowest BCUT2D eigenvalue weighted by Crippen LogP contribution is -2.15. The zero-order valence-electron chi connectivity index (χ0n) is 17.5. The van der Waals surface area contributed by atoms with Gasteiger partial charge in [0, 0.05) is 22.7 Å². The Morgan fingerprint density at radius 2 is 1.88 bits per heavy atom. The van der Waals surface area contributed by atoms with Gasteiger partial charge in [-0.3, -0.25) is 4.79 Å². The van der Waals surface area contributed by atoms with Crippen LogP contribution in [-0.2, 0) is 0 Å². The van der Waals surface area contributed by atoms with E-state index >= 15 is 0 Å². The molecular formula is C26H17ClN4O2. The molecule has 0 saturated heterocycles. The molecule has 0 radical (unpaired) electrons. The van der Waals surface area contributed by atoms with Crippen molar-refractivity contribution in [1.29, 1.82) is 0 Å². The molecule has 160 valence electrons. The van der Waals surface area contributed by atoms with Crippen molar-refractivity contribution in [3.63, 3.8) is 0 Å². The van der Waals surface area contributed by atoms with E-state index in [0.29, 0.717) is 5.82 Å². The largest absolute Gasteiger partial charge is 0.464 e. The van der Waals surface area contributed by atoms with E-state index in [0.717, 1.165) is 33.3 Å². The van der Waals surface area contributed by atoms with E-state index in [4.69, 9.17) is 16.0 Å². The van der Waals surface area contributed by atoms with Gasteiger partial charge in [-0.15, -0.1) is 0 Å². The number of hydrogen-bond donors (Lipinski definition) is 1. The fraction of sp³-hybridized carbons (Fsp3) is 0.0385. The van der Waals surface area contributed by atoms with Gasteiger partial charge in [0.05, 0.1) is 23.2 Å². The Morgan fingerprint density at radius 3 is 2.70 bits per heavy atom. The number of fused-ring (bicyclic) bond motifs is 1. The van der Waals surface area contributed by atoms with Crippen LogP contribution in [0.15, 0.2) is 83.7 Å². The maximum atomic E-state index is 12.8. The molecule has 3 heterocycles. The summed E-state index contributed by atoms with van der Waals surface area (Å²) in [6.07, 6.45) is 4.84. The van der Waals surface area contributed by atoms with Crippen molar-refractivity contribution in [1.82, 2.24) is 14.8 Å². The Bertz CT molecular complexity index is 1540. The summed E-state index contributed by atoms with van der Waals surface area (Å²) in [5.74, 6) is 6.17. The third kappa shape index (κ3) is 4.36. The number of nitrogens with one attached hydrogen (secondary N) is 1. The number of furan rings is 1. The molecule has 0 fully saturated rings. The van der Waals surface area contributed by atoms with Gasteiger partial charge in [0.25, 0.3) is 5.91 Å². The van der Waals surface area contributed by atoms with Crippen LogP contribution in [0, 0.1) is 18.8 Å². The topological polar surface area (TPSA) is 73.0 Å². The summed E-state index contributed by atoms with van der Waals surface area (Å²) in [6.45, 7) is 1.86. The zero-order valence-corrected chi connectivity index (χ0v) is 18.3. The molecular weight excluding hydrogens is 436 g/mol. The molecule has 0 spiro atoms. The number of rotatable bonds is 3. The summed E-state index contributed by atoms with van der Waals surface area (Å²) in [7, 11) is 0. The highest BCUT2D eigenvalue weighted by atomic mass is 35.5. The van der Waals surface area contributed by atoms with E-state index in [1.807, 2.05) is 67.6 Å². The maximum absolute atomic E-state index is 12.8. The smallest absolute Gasteiger partial charge is 0.278 e. The third-order valence-corrected chi connectivity index (χ3v) is 5.30. The maximum Gasteiger partial charge on any atom is 0.278 e. The molecule has 7 heteroatoms. The SMILES string of the molecule is Cc1cc(C#Cc2ccccc2)cnc1NC(=O)c1nn(-c2ccc3occc3c2)cc1Cl. The van der Waals surface area contributed by atoms with Crippen LogP contribution in [0.3, 0.4) is 0 Å². The Morgan fingerprint density at radius 1 is 1.06 bits per heavy atom. The van der Waals surface area contributed by atoms with Gasteiger partial charge in [-0.2, -0.15) is 5.10 Å². The standard InChI is InChI=1S/C26H17ClN4O2/c1-17-13-19(8-7-18-5-3-2-4-6-18)15-28-25(17)29-26(32)24-22(27)16-31(30-24)21-9-10-23-20(14-21)11-12-33-23/h2-6,9-16H,1H3,(H,28,29,32). The van der Waals surface area contributed by atoms with Crippen LogP contribution in [0.4, 0.5) is 5.82 Å². The first-order valence-electron chi connectivity index (χ1n) is 10.1. The Balaban J connectivity index is 1.35. The fourth-order valence-corrected chi connectivity index (χ4v) is 3.56. The summed E-state index contributed by atoms with van der Waals surface area (Å²) in [5, 5.41) is 8.32. The number of carbonyl (C=O) groups is 1. The molecule has 1 amide bonds. The van der Waals surface area contributed by atoms with Crippen LogP contribution >= 0.6 is 11.6 Å². The van der Waals surface area contributed by atoms with Gasteiger partial charge in [0.15, 0.2) is 5.69 Å². The lowest BCUT2D eigenvalue weighted by Gasteiger charge is -2.06. The number of benzene rings is 2. The lowest BCUT2D eigenvalue weighted by molar-refractivity contribution is 0.102. The van der Waals surface area contributed by atoms with E-state index in [9.17, 15) is 4.79 Å². The fourth-order valence-electron chi connectivity index (χ4n) is 3.34. The van der Waals surface area contributed by atoms with E-state index in [1.54, 1.807) is 23.3 Å². The normalized spacial score (nSPS) is 10.6. The number of hydrogen-bond acceptors (Lipinski definition) is 4. The van der Waals surface area contributed by atoms with Crippen molar-refractivity contribution in [2.45, 2.75) is 6.92 Å². The van der Waals surface area contributed by atoms with E-state index in [-0.39, 0.29) is 10.7 Å². The predicted octanol–water partition coefficient (Wildman–Crippen LogP) is 5.63. The summed E-state index contributed by atoms with van der Waals surface area (Å²) < 4.78 is 6.93. The number of carbonyl (C=O) groups excluding carboxylic acids is 1. The molecule has 5 rings (SSSR count). The van der Waals surface area contributed by atoms with Gasteiger partial charge in [0.1, 0.15) is 11.4 Å². The first-order chi connectivity index (χ1) is 16.1. The monoisotopic (exact) mass is 452 g/mol. The molecule has 0 aliphatic heterocycles. The summed E-state index contributed by atoms with van der Waals surface area (Å²) >= 11 is 6.32. The van der Waals surface area contributed by atoms with Gasteiger partial charge in [0.2, 0.25) is 0 Å². The first-order valence-corrected chi connectivity index (χ1v) is 10.5. The number of halogens is 1. The van der Waals surface area contributed by atoms with E-state index in [1.165, 1.54) is 0 Å². The minimum absolute atomic E-state index is 0.109. The number of amides is 1. The molecule has 0 bridgehead atoms. The highest BCUT2D eigenvalue weighted by Gasteiger charge is 2.18. The summed E-state index contributed by atoms with van der Waals surface area (Å²) in [6, 6.07) is 19.0. The first kappa shape index (κ1) is 20.6. The zero-order chi connectivity index (χ0) is 22.8. The minimum atomic E-state index is -0.443. The molecule has 33 heavy (non-hydrogen) atoms. The predicted molar refractivity (Wildman–Crippen MR) is 128 cm³/mol. The molecule has 2 aromatic carbocycles. The van der Waals surface area contributed by atoms with Gasteiger partial charge < -0.3 is 9.73 Å². The third-order valence-electron chi connectivity index (χ3n) is 5.02. The second-order valence-electron chi connectivity index (χ2n) is 7.37. The van der Waals surface area contributed by atoms with Crippen LogP contribution in [0.1, 0.15) is 27.2 Å². The van der Waals surface area contributed by atoms with Gasteiger partial charge in [-0.1, -0.05) is 41.6 Å². The van der Waals surface area contributed by atoms with Crippen molar-refractivity contribution in [2.75, 3.05) is 5.32 Å². The van der Waals surface area contributed by atoms with Gasteiger partial charge in [-0.05, 0) is 55.0 Å². The summed E-state index contributed by atoms with van der Waals surface area (Å²) in [4.78, 5) is 17.2. The number of anilines is 1. The number of pyridine rings is 1. The van der Waals surface area contributed by atoms with Crippen molar-refractivity contribution < 1.29 is 9.21 Å². The average molecular weight is 453 g/mol. The van der Waals surface area contributed by atoms with Crippen LogP contribution in [0.25, 0.3) is 16.7 Å². The molecule has 1 N–H and O–H groups in total. The van der Waals surface area contributed by atoms with Crippen molar-refractivity contribution in [2.24, 2.45) is 0 Å². The molecule has 0 saturated carbocycles. The molecule has 0 aliphatic rings. The molecule has 0 aliphatic carbocycles. The van der Waals surface area contributed by atoms with Crippen molar-refractivity contribution in [3.05, 3.63) is 107 Å². The minimum Gasteiger partial charge on any atom is -0.464 e. The second-order valence-corrected chi connectivity index (χ2v) is 7.78. The highest BCUT2D eigenvalue weighted by molar-refractivity contribution is 6.34. The van der Waals surface area contributed by atoms with Gasteiger partial charge in [-0.25, -0.2) is 9.67 Å². The Hall–Kier alpha value is -4.34. The quantitative estimate of drug-likeness (QED) is 0.360. The van der Waals surface area contributed by atoms with Crippen LogP contribution < -0.4 is 5.32 Å². The molecule has 5 aromatic rings.